The van der Waals surface area contributed by atoms with Crippen molar-refractivity contribution in [2.45, 2.75) is 17.0 Å². The second-order valence-electron chi connectivity index (χ2n) is 5.41. The molecule has 1 fully saturated rings. The Hall–Kier alpha value is -1.75. The van der Waals surface area contributed by atoms with Gasteiger partial charge in [0.15, 0.2) is 0 Å². The summed E-state index contributed by atoms with van der Waals surface area (Å²) in [6.07, 6.45) is 0. The maximum absolute atomic E-state index is 12.7. The zero-order valence-corrected chi connectivity index (χ0v) is 15.2. The number of nitrogens with zero attached hydrogens (tertiary/aromatic N) is 3. The van der Waals surface area contributed by atoms with Crippen LogP contribution in [0.15, 0.2) is 38.8 Å². The molecule has 1 saturated heterocycles. The van der Waals surface area contributed by atoms with Crippen LogP contribution in [0.25, 0.3) is 11.5 Å². The molecule has 0 unspecified atom stereocenters. The smallest absolute Gasteiger partial charge is 0.277 e. The molecule has 0 aliphatic carbocycles. The van der Waals surface area contributed by atoms with Crippen molar-refractivity contribution >= 4 is 27.6 Å². The van der Waals surface area contributed by atoms with E-state index in [4.69, 9.17) is 9.15 Å². The highest BCUT2D eigenvalue weighted by molar-refractivity contribution is 7.99. The third kappa shape index (κ3) is 4.27. The van der Waals surface area contributed by atoms with Gasteiger partial charge in [-0.05, 0) is 25.1 Å². The van der Waals surface area contributed by atoms with Gasteiger partial charge in [0, 0.05) is 18.7 Å². The molecule has 0 N–H and O–H groups in total. The van der Waals surface area contributed by atoms with Gasteiger partial charge in [-0.25, -0.2) is 8.42 Å². The molecule has 0 saturated carbocycles. The quantitative estimate of drug-likeness (QED) is 0.691. The second-order valence-corrected chi connectivity index (χ2v) is 8.27. The zero-order valence-electron chi connectivity index (χ0n) is 13.5. The van der Waals surface area contributed by atoms with Gasteiger partial charge in [-0.3, -0.25) is 4.79 Å². The van der Waals surface area contributed by atoms with E-state index in [1.165, 1.54) is 23.4 Å². The Morgan fingerprint density at radius 2 is 2.04 bits per heavy atom. The minimum absolute atomic E-state index is 0.00310. The molecule has 2 aromatic rings. The summed E-state index contributed by atoms with van der Waals surface area (Å²) in [6, 6.07) is 6.38. The lowest BCUT2D eigenvalue weighted by Gasteiger charge is -2.26. The molecule has 25 heavy (non-hydrogen) atoms. The predicted molar refractivity (Wildman–Crippen MR) is 90.7 cm³/mol. The number of thioether (sulfide) groups is 1. The van der Waals surface area contributed by atoms with Gasteiger partial charge in [0.25, 0.3) is 5.22 Å². The number of hydrogen-bond acceptors (Lipinski definition) is 8. The van der Waals surface area contributed by atoms with Crippen molar-refractivity contribution in [2.75, 3.05) is 32.1 Å². The van der Waals surface area contributed by atoms with Crippen LogP contribution in [0.2, 0.25) is 0 Å². The maximum Gasteiger partial charge on any atom is 0.277 e. The summed E-state index contributed by atoms with van der Waals surface area (Å²) in [4.78, 5) is 11.2. The first-order valence-electron chi connectivity index (χ1n) is 7.61. The van der Waals surface area contributed by atoms with Crippen LogP contribution in [-0.2, 0) is 19.6 Å². The molecule has 1 aromatic carbocycles. The molecule has 0 atom stereocenters. The van der Waals surface area contributed by atoms with E-state index in [0.29, 0.717) is 31.9 Å². The zero-order chi connectivity index (χ0) is 17.9. The van der Waals surface area contributed by atoms with Crippen LogP contribution in [0, 0.1) is 0 Å². The van der Waals surface area contributed by atoms with Crippen LogP contribution < -0.4 is 0 Å². The highest BCUT2D eigenvalue weighted by atomic mass is 32.2. The van der Waals surface area contributed by atoms with Crippen molar-refractivity contribution in [3.63, 3.8) is 0 Å². The second kappa shape index (κ2) is 7.65. The Labute approximate surface area is 149 Å². The summed E-state index contributed by atoms with van der Waals surface area (Å²) >= 11 is 1.15. The number of sulfonamides is 1. The number of benzene rings is 1. The third-order valence-electron chi connectivity index (χ3n) is 3.49. The first-order valence-corrected chi connectivity index (χ1v) is 10.0. The van der Waals surface area contributed by atoms with Crippen LogP contribution in [0.4, 0.5) is 0 Å². The fraction of sp³-hybridized carbons (Fsp3) is 0.400. The Morgan fingerprint density at radius 1 is 1.28 bits per heavy atom. The van der Waals surface area contributed by atoms with Gasteiger partial charge >= 0.3 is 0 Å². The molecule has 8 nitrogen and oxygen atoms in total. The fourth-order valence-corrected chi connectivity index (χ4v) is 4.29. The van der Waals surface area contributed by atoms with Crippen LogP contribution in [0.5, 0.6) is 0 Å². The van der Waals surface area contributed by atoms with Gasteiger partial charge < -0.3 is 9.15 Å². The third-order valence-corrected chi connectivity index (χ3v) is 6.35. The number of ether oxygens (including phenoxy) is 1. The van der Waals surface area contributed by atoms with Crippen LogP contribution in [0.3, 0.4) is 0 Å². The van der Waals surface area contributed by atoms with Crippen LogP contribution in [0.1, 0.15) is 6.92 Å². The molecule has 134 valence electrons. The summed E-state index contributed by atoms with van der Waals surface area (Å²) in [5.41, 5.74) is 0.511. The first kappa shape index (κ1) is 18.1. The monoisotopic (exact) mass is 383 g/mol. The molecular formula is C15H17N3O5S2. The molecule has 1 aliphatic heterocycles. The van der Waals surface area contributed by atoms with Crippen molar-refractivity contribution in [3.05, 3.63) is 24.3 Å². The van der Waals surface area contributed by atoms with Gasteiger partial charge in [-0.2, -0.15) is 4.31 Å². The number of carbonyl (C=O) groups excluding carboxylic acids is 1. The average Bonchev–Trinajstić information content (AvgIpc) is 3.10. The van der Waals surface area contributed by atoms with E-state index >= 15 is 0 Å². The number of hydrogen-bond donors (Lipinski definition) is 0. The van der Waals surface area contributed by atoms with E-state index in [1.807, 2.05) is 0 Å². The molecule has 10 heteroatoms. The molecule has 0 bridgehead atoms. The molecule has 1 aromatic heterocycles. The number of aromatic nitrogens is 2. The highest BCUT2D eigenvalue weighted by Crippen LogP contribution is 2.26. The normalized spacial score (nSPS) is 16.0. The van der Waals surface area contributed by atoms with Gasteiger partial charge in [0.1, 0.15) is 5.78 Å². The summed E-state index contributed by atoms with van der Waals surface area (Å²) in [5, 5.41) is 8.06. The molecule has 1 aliphatic rings. The van der Waals surface area contributed by atoms with E-state index < -0.39 is 10.0 Å². The molecule has 0 amide bonds. The topological polar surface area (TPSA) is 103 Å². The summed E-state index contributed by atoms with van der Waals surface area (Å²) in [6.45, 7) is 2.92. The summed E-state index contributed by atoms with van der Waals surface area (Å²) in [7, 11) is -3.59. The first-order chi connectivity index (χ1) is 12.0. The van der Waals surface area contributed by atoms with Crippen LogP contribution >= 0.6 is 11.8 Å². The largest absolute Gasteiger partial charge is 0.411 e. The van der Waals surface area contributed by atoms with E-state index in [9.17, 15) is 13.2 Å². The number of rotatable bonds is 6. The van der Waals surface area contributed by atoms with Gasteiger partial charge in [0.2, 0.25) is 15.9 Å². The van der Waals surface area contributed by atoms with Crippen molar-refractivity contribution in [1.82, 2.24) is 14.5 Å². The average molecular weight is 383 g/mol. The Bertz CT molecular complexity index is 860. The summed E-state index contributed by atoms with van der Waals surface area (Å²) < 4.78 is 37.5. The highest BCUT2D eigenvalue weighted by Gasteiger charge is 2.26. The number of carbonyl (C=O) groups is 1. The number of ketones is 1. The Kier molecular flexibility index (Phi) is 5.52. The van der Waals surface area contributed by atoms with Crippen molar-refractivity contribution < 1.29 is 22.4 Å². The van der Waals surface area contributed by atoms with E-state index in [1.54, 1.807) is 12.1 Å². The molecule has 0 radical (unpaired) electrons. The van der Waals surface area contributed by atoms with Crippen molar-refractivity contribution in [3.8, 4) is 11.5 Å². The van der Waals surface area contributed by atoms with Gasteiger partial charge in [0.05, 0.1) is 23.9 Å². The predicted octanol–water partition coefficient (Wildman–Crippen LogP) is 1.44. The SMILES string of the molecule is CC(=O)CSc1nnc(-c2cccc(S(=O)(=O)N3CCOCC3)c2)o1. The lowest BCUT2D eigenvalue weighted by Crippen LogP contribution is -2.40. The van der Waals surface area contributed by atoms with E-state index in [2.05, 4.69) is 10.2 Å². The Balaban J connectivity index is 1.83. The standard InChI is InChI=1S/C15H17N3O5S2/c1-11(19)10-24-15-17-16-14(23-15)12-3-2-4-13(9-12)25(20,21)18-5-7-22-8-6-18/h2-4,9H,5-8,10H2,1H3. The van der Waals surface area contributed by atoms with Gasteiger partial charge in [-0.1, -0.05) is 17.8 Å². The van der Waals surface area contributed by atoms with E-state index in [0.717, 1.165) is 11.8 Å². The van der Waals surface area contributed by atoms with Crippen molar-refractivity contribution in [1.29, 1.82) is 0 Å². The minimum atomic E-state index is -3.59. The molecular weight excluding hydrogens is 366 g/mol. The lowest BCUT2D eigenvalue weighted by atomic mass is 10.2. The Morgan fingerprint density at radius 3 is 2.76 bits per heavy atom. The summed E-state index contributed by atoms with van der Waals surface area (Å²) in [5.74, 6) is 0.459. The molecule has 3 rings (SSSR count). The fourth-order valence-electron chi connectivity index (χ4n) is 2.27. The van der Waals surface area contributed by atoms with E-state index in [-0.39, 0.29) is 27.5 Å². The van der Waals surface area contributed by atoms with Crippen molar-refractivity contribution in [2.24, 2.45) is 0 Å². The number of morpholine rings is 1. The number of Topliss-reactive ketones (excluding diaryl/α,β-unsaturated/α-hetero) is 1. The molecule has 0 spiro atoms. The van der Waals surface area contributed by atoms with Crippen LogP contribution in [-0.4, -0.2) is 60.8 Å². The van der Waals surface area contributed by atoms with Gasteiger partial charge in [-0.15, -0.1) is 10.2 Å². The molecule has 2 heterocycles. The lowest BCUT2D eigenvalue weighted by molar-refractivity contribution is -0.114. The maximum atomic E-state index is 12.7. The minimum Gasteiger partial charge on any atom is -0.411 e.